The molecule has 1 aromatic heterocycles. The van der Waals surface area contributed by atoms with Crippen LogP contribution in [0.5, 0.6) is 5.75 Å². The number of nitrogens with zero attached hydrogens (tertiary/aromatic N) is 2. The molecule has 0 spiro atoms. The maximum Gasteiger partial charge on any atom is 0.439 e. The van der Waals surface area contributed by atoms with Gasteiger partial charge in [-0.3, -0.25) is 9.89 Å². The van der Waals surface area contributed by atoms with Crippen LogP contribution in [0.3, 0.4) is 0 Å². The molecule has 0 radical (unpaired) electrons. The van der Waals surface area contributed by atoms with E-state index < -0.39 is 59.3 Å². The first-order valence-corrected chi connectivity index (χ1v) is 7.42. The zero-order valence-electron chi connectivity index (χ0n) is 14.1. The number of carbonyl (C=O) groups excluding carboxylic acids is 1. The first-order chi connectivity index (χ1) is 13.3. The molecule has 29 heavy (non-hydrogen) atoms. The van der Waals surface area contributed by atoms with Gasteiger partial charge in [0.05, 0.1) is 11.3 Å². The van der Waals surface area contributed by atoms with Crippen LogP contribution in [0.25, 0.3) is 0 Å². The molecular formula is C15H10F9N3O2. The van der Waals surface area contributed by atoms with E-state index in [0.29, 0.717) is 17.0 Å². The summed E-state index contributed by atoms with van der Waals surface area (Å²) in [4.78, 5) is 12.8. The van der Waals surface area contributed by atoms with E-state index in [1.54, 1.807) is 0 Å². The van der Waals surface area contributed by atoms with E-state index in [1.807, 2.05) is 5.10 Å². The maximum absolute atomic E-state index is 13.6. The second kappa shape index (κ2) is 7.83. The van der Waals surface area contributed by atoms with Crippen molar-refractivity contribution in [1.82, 2.24) is 10.2 Å². The highest BCUT2D eigenvalue weighted by Crippen LogP contribution is 2.40. The summed E-state index contributed by atoms with van der Waals surface area (Å²) in [5, 5.41) is 5.15. The molecule has 14 heteroatoms. The van der Waals surface area contributed by atoms with E-state index in [1.165, 1.54) is 0 Å². The van der Waals surface area contributed by atoms with Gasteiger partial charge in [0.25, 0.3) is 18.5 Å². The van der Waals surface area contributed by atoms with Crippen LogP contribution >= 0.6 is 0 Å². The highest BCUT2D eigenvalue weighted by molar-refractivity contribution is 6.07. The molecule has 0 aliphatic rings. The lowest BCUT2D eigenvalue weighted by Crippen LogP contribution is -2.46. The van der Waals surface area contributed by atoms with Gasteiger partial charge < -0.3 is 9.64 Å². The largest absolute Gasteiger partial charge is 0.439 e. The molecule has 5 nitrogen and oxygen atoms in total. The molecule has 0 fully saturated rings. The maximum atomic E-state index is 13.6. The van der Waals surface area contributed by atoms with Gasteiger partial charge in [-0.25, -0.2) is 17.6 Å². The van der Waals surface area contributed by atoms with Crippen molar-refractivity contribution in [3.8, 4) is 5.75 Å². The lowest BCUT2D eigenvalue weighted by molar-refractivity contribution is -0.304. The number of anilines is 1. The summed E-state index contributed by atoms with van der Waals surface area (Å²) >= 11 is 0. The Morgan fingerprint density at radius 3 is 2.34 bits per heavy atom. The standard InChI is InChI=1S/C15H10F9N3O2/c1-27(12(28)7-5-25-26-10(7)11(17)18)8-3-2-6(16)4-9(8)29-15(23,24)13(19)14(20,21)22/h2-5,11,13H,1H3,(H,25,26). The monoisotopic (exact) mass is 435 g/mol. The molecule has 160 valence electrons. The van der Waals surface area contributed by atoms with Crippen molar-refractivity contribution >= 4 is 11.6 Å². The van der Waals surface area contributed by atoms with Gasteiger partial charge in [-0.2, -0.15) is 27.1 Å². The van der Waals surface area contributed by atoms with Crippen molar-refractivity contribution in [3.05, 3.63) is 41.5 Å². The van der Waals surface area contributed by atoms with Gasteiger partial charge in [-0.15, -0.1) is 0 Å². The predicted molar refractivity (Wildman–Crippen MR) is 79.2 cm³/mol. The Hall–Kier alpha value is -2.93. The molecule has 0 aliphatic heterocycles. The number of halogens is 9. The fraction of sp³-hybridized carbons (Fsp3) is 0.333. The normalized spacial score (nSPS) is 13.5. The average molecular weight is 435 g/mol. The number of benzene rings is 1. The quantitative estimate of drug-likeness (QED) is 0.673. The smallest absolute Gasteiger partial charge is 0.428 e. The number of rotatable bonds is 6. The zero-order valence-corrected chi connectivity index (χ0v) is 14.1. The molecule has 0 bridgehead atoms. The molecule has 1 N–H and O–H groups in total. The Morgan fingerprint density at radius 2 is 1.79 bits per heavy atom. The van der Waals surface area contributed by atoms with E-state index in [9.17, 15) is 44.3 Å². The molecule has 0 aliphatic carbocycles. The number of ether oxygens (including phenoxy) is 1. The summed E-state index contributed by atoms with van der Waals surface area (Å²) in [6.45, 7) is 0. The van der Waals surface area contributed by atoms with Crippen molar-refractivity contribution in [1.29, 1.82) is 0 Å². The van der Waals surface area contributed by atoms with Gasteiger partial charge in [0.15, 0.2) is 5.75 Å². The minimum atomic E-state index is -6.00. The number of H-pyrrole nitrogens is 1. The summed E-state index contributed by atoms with van der Waals surface area (Å²) < 4.78 is 120. The van der Waals surface area contributed by atoms with Crippen molar-refractivity contribution in [2.24, 2.45) is 0 Å². The Bertz CT molecular complexity index is 882. The molecule has 1 heterocycles. The van der Waals surface area contributed by atoms with E-state index in [-0.39, 0.29) is 6.07 Å². The Labute approximate surface area is 156 Å². The molecule has 0 saturated carbocycles. The molecule has 1 atom stereocenters. The topological polar surface area (TPSA) is 58.2 Å². The number of aromatic amines is 1. The molecule has 2 rings (SSSR count). The number of nitrogens with one attached hydrogen (secondary N) is 1. The third-order valence-corrected chi connectivity index (χ3v) is 3.52. The lowest BCUT2D eigenvalue weighted by Gasteiger charge is -2.26. The van der Waals surface area contributed by atoms with Crippen LogP contribution in [0.2, 0.25) is 0 Å². The second-order valence-corrected chi connectivity index (χ2v) is 5.53. The molecule has 1 aromatic carbocycles. The third-order valence-electron chi connectivity index (χ3n) is 3.52. The third kappa shape index (κ3) is 4.74. The van der Waals surface area contributed by atoms with E-state index in [4.69, 9.17) is 0 Å². The van der Waals surface area contributed by atoms with E-state index >= 15 is 0 Å². The summed E-state index contributed by atoms with van der Waals surface area (Å²) in [7, 11) is 0.861. The highest BCUT2D eigenvalue weighted by atomic mass is 19.4. The number of hydrogen-bond acceptors (Lipinski definition) is 3. The number of alkyl halides is 8. The summed E-state index contributed by atoms with van der Waals surface area (Å²) in [5.74, 6) is -3.86. The number of hydrogen-bond donors (Lipinski definition) is 1. The zero-order chi connectivity index (χ0) is 22.1. The van der Waals surface area contributed by atoms with Crippen molar-refractivity contribution < 1.29 is 49.0 Å². The van der Waals surface area contributed by atoms with Crippen molar-refractivity contribution in [2.75, 3.05) is 11.9 Å². The van der Waals surface area contributed by atoms with Crippen LogP contribution in [-0.4, -0.2) is 41.6 Å². The minimum absolute atomic E-state index is 0.180. The first kappa shape index (κ1) is 22.4. The van der Waals surface area contributed by atoms with Gasteiger partial charge >= 0.3 is 12.3 Å². The number of carbonyl (C=O) groups is 1. The highest BCUT2D eigenvalue weighted by Gasteiger charge is 2.59. The first-order valence-electron chi connectivity index (χ1n) is 7.42. The number of amides is 1. The Kier molecular flexibility index (Phi) is 6.04. The molecule has 1 unspecified atom stereocenters. The van der Waals surface area contributed by atoms with Crippen LogP contribution in [0.15, 0.2) is 24.4 Å². The Morgan fingerprint density at radius 1 is 1.17 bits per heavy atom. The van der Waals surface area contributed by atoms with Gasteiger partial charge in [0.1, 0.15) is 11.5 Å². The SMILES string of the molecule is CN(C(=O)c1c[nH]nc1C(F)F)c1ccc(F)cc1OC(F)(F)C(F)C(F)(F)F. The molecule has 2 aromatic rings. The van der Waals surface area contributed by atoms with Crippen LogP contribution < -0.4 is 9.64 Å². The van der Waals surface area contributed by atoms with Crippen LogP contribution in [0.4, 0.5) is 45.2 Å². The molecule has 1 amide bonds. The van der Waals surface area contributed by atoms with Crippen molar-refractivity contribution in [3.63, 3.8) is 0 Å². The van der Waals surface area contributed by atoms with Crippen LogP contribution in [-0.2, 0) is 0 Å². The predicted octanol–water partition coefficient (Wildman–Crippen LogP) is 4.64. The van der Waals surface area contributed by atoms with Gasteiger partial charge in [0.2, 0.25) is 0 Å². The fourth-order valence-corrected chi connectivity index (χ4v) is 2.16. The lowest BCUT2D eigenvalue weighted by atomic mass is 10.2. The van der Waals surface area contributed by atoms with E-state index in [0.717, 1.165) is 13.2 Å². The van der Waals surface area contributed by atoms with Crippen LogP contribution in [0.1, 0.15) is 22.5 Å². The van der Waals surface area contributed by atoms with Gasteiger partial charge in [-0.05, 0) is 12.1 Å². The summed E-state index contributed by atoms with van der Waals surface area (Å²) in [6, 6.07) is 1.46. The van der Waals surface area contributed by atoms with Crippen molar-refractivity contribution in [2.45, 2.75) is 24.9 Å². The van der Waals surface area contributed by atoms with E-state index in [2.05, 4.69) is 9.84 Å². The van der Waals surface area contributed by atoms with Crippen LogP contribution in [0, 0.1) is 5.82 Å². The van der Waals surface area contributed by atoms with Gasteiger partial charge in [-0.1, -0.05) is 0 Å². The minimum Gasteiger partial charge on any atom is -0.428 e. The molecular weight excluding hydrogens is 425 g/mol. The summed E-state index contributed by atoms with van der Waals surface area (Å²) in [6.07, 6.45) is -18.7. The second-order valence-electron chi connectivity index (χ2n) is 5.53. The van der Waals surface area contributed by atoms with Gasteiger partial charge in [0, 0.05) is 19.3 Å². The summed E-state index contributed by atoms with van der Waals surface area (Å²) in [5.41, 5.74) is -2.42. The Balaban J connectivity index is 2.42. The molecule has 0 saturated heterocycles. The number of aromatic nitrogens is 2. The fourth-order valence-electron chi connectivity index (χ4n) is 2.16. The average Bonchev–Trinajstić information content (AvgIpc) is 3.09.